The van der Waals surface area contributed by atoms with Crippen molar-refractivity contribution >= 4 is 17.6 Å². The van der Waals surface area contributed by atoms with Gasteiger partial charge in [-0.25, -0.2) is 4.79 Å². The molecule has 6 nitrogen and oxygen atoms in total. The highest BCUT2D eigenvalue weighted by molar-refractivity contribution is 5.97. The molecule has 0 aliphatic heterocycles. The van der Waals surface area contributed by atoms with E-state index in [4.69, 9.17) is 4.74 Å². The SMILES string of the molecule is Cc1cc(C)c(C(=O)OCC(=O)Nc2c(C)nn(C)c2C)c(C)c1. The predicted octanol–water partition coefficient (Wildman–Crippen LogP) is 2.76. The van der Waals surface area contributed by atoms with Crippen LogP contribution in [0.2, 0.25) is 0 Å². The number of benzene rings is 1. The molecule has 0 fully saturated rings. The summed E-state index contributed by atoms with van der Waals surface area (Å²) in [5.74, 6) is -0.871. The lowest BCUT2D eigenvalue weighted by atomic mass is 10.00. The lowest BCUT2D eigenvalue weighted by molar-refractivity contribution is -0.119. The Hall–Kier alpha value is -2.63. The molecule has 128 valence electrons. The molecule has 0 aliphatic carbocycles. The van der Waals surface area contributed by atoms with E-state index in [2.05, 4.69) is 10.4 Å². The van der Waals surface area contributed by atoms with Crippen molar-refractivity contribution < 1.29 is 14.3 Å². The second-order valence-electron chi connectivity index (χ2n) is 6.07. The van der Waals surface area contributed by atoms with Crippen molar-refractivity contribution in [3.05, 3.63) is 45.8 Å². The monoisotopic (exact) mass is 329 g/mol. The van der Waals surface area contributed by atoms with Gasteiger partial charge in [-0.15, -0.1) is 0 Å². The Kier molecular flexibility index (Phi) is 5.07. The third-order valence-electron chi connectivity index (χ3n) is 3.99. The third kappa shape index (κ3) is 3.64. The molecule has 2 aromatic rings. The fourth-order valence-corrected chi connectivity index (χ4v) is 2.84. The number of nitrogens with zero attached hydrogens (tertiary/aromatic N) is 2. The summed E-state index contributed by atoms with van der Waals surface area (Å²) in [6.45, 7) is 9.03. The number of ether oxygens (including phenoxy) is 1. The number of aryl methyl sites for hydroxylation is 5. The molecule has 0 radical (unpaired) electrons. The number of rotatable bonds is 4. The van der Waals surface area contributed by atoms with Gasteiger partial charge in [-0.05, 0) is 45.7 Å². The number of amides is 1. The maximum Gasteiger partial charge on any atom is 0.339 e. The number of nitrogens with one attached hydrogen (secondary N) is 1. The Morgan fingerprint density at radius 3 is 2.21 bits per heavy atom. The average Bonchev–Trinajstić information content (AvgIpc) is 2.70. The zero-order valence-electron chi connectivity index (χ0n) is 15.0. The molecule has 1 heterocycles. The van der Waals surface area contributed by atoms with Gasteiger partial charge < -0.3 is 10.1 Å². The summed E-state index contributed by atoms with van der Waals surface area (Å²) in [5.41, 5.74) is 5.51. The van der Waals surface area contributed by atoms with Gasteiger partial charge in [-0.3, -0.25) is 9.48 Å². The lowest BCUT2D eigenvalue weighted by Crippen LogP contribution is -2.22. The molecule has 0 spiro atoms. The number of anilines is 1. The van der Waals surface area contributed by atoms with Crippen molar-refractivity contribution in [2.45, 2.75) is 34.6 Å². The molecule has 1 aromatic carbocycles. The topological polar surface area (TPSA) is 73.2 Å². The minimum Gasteiger partial charge on any atom is -0.452 e. The maximum atomic E-state index is 12.3. The summed E-state index contributed by atoms with van der Waals surface area (Å²) in [5, 5.41) is 6.98. The average molecular weight is 329 g/mol. The van der Waals surface area contributed by atoms with Gasteiger partial charge in [0.1, 0.15) is 0 Å². The van der Waals surface area contributed by atoms with Crippen LogP contribution >= 0.6 is 0 Å². The van der Waals surface area contributed by atoms with Crippen LogP contribution in [0.4, 0.5) is 5.69 Å². The third-order valence-corrected chi connectivity index (χ3v) is 3.99. The van der Waals surface area contributed by atoms with Crippen LogP contribution in [0.1, 0.15) is 38.4 Å². The van der Waals surface area contributed by atoms with Crippen molar-refractivity contribution in [1.82, 2.24) is 9.78 Å². The van der Waals surface area contributed by atoms with Gasteiger partial charge in [0.05, 0.1) is 22.6 Å². The molecule has 0 aliphatic rings. The molecule has 24 heavy (non-hydrogen) atoms. The summed E-state index contributed by atoms with van der Waals surface area (Å²) in [7, 11) is 1.81. The van der Waals surface area contributed by atoms with Crippen molar-refractivity contribution in [1.29, 1.82) is 0 Å². The van der Waals surface area contributed by atoms with Crippen molar-refractivity contribution in [2.75, 3.05) is 11.9 Å². The molecule has 0 bridgehead atoms. The maximum absolute atomic E-state index is 12.3. The molecule has 0 saturated carbocycles. The molecule has 6 heteroatoms. The fourth-order valence-electron chi connectivity index (χ4n) is 2.84. The van der Waals surface area contributed by atoms with Crippen LogP contribution in [0, 0.1) is 34.6 Å². The number of hydrogen-bond donors (Lipinski definition) is 1. The van der Waals surface area contributed by atoms with Crippen molar-refractivity contribution in [3.63, 3.8) is 0 Å². The number of carbonyl (C=O) groups is 2. The van der Waals surface area contributed by atoms with Crippen LogP contribution in [-0.4, -0.2) is 28.3 Å². The smallest absolute Gasteiger partial charge is 0.339 e. The van der Waals surface area contributed by atoms with E-state index in [0.29, 0.717) is 11.3 Å². The second kappa shape index (κ2) is 6.86. The van der Waals surface area contributed by atoms with Crippen LogP contribution in [0.5, 0.6) is 0 Å². The van der Waals surface area contributed by atoms with E-state index in [1.807, 2.05) is 46.8 Å². The van der Waals surface area contributed by atoms with Crippen LogP contribution < -0.4 is 5.32 Å². The van der Waals surface area contributed by atoms with Crippen molar-refractivity contribution in [3.8, 4) is 0 Å². The van der Waals surface area contributed by atoms with Gasteiger partial charge in [0.15, 0.2) is 6.61 Å². The van der Waals surface area contributed by atoms with E-state index < -0.39 is 5.97 Å². The minimum absolute atomic E-state index is 0.334. The molecule has 0 unspecified atom stereocenters. The standard InChI is InChI=1S/C18H23N3O3/c1-10-7-11(2)16(12(3)8-10)18(23)24-9-15(22)19-17-13(4)20-21(6)14(17)5/h7-8H,9H2,1-6H3,(H,19,22). The lowest BCUT2D eigenvalue weighted by Gasteiger charge is -2.11. The Bertz CT molecular complexity index is 783. The summed E-state index contributed by atoms with van der Waals surface area (Å²) < 4.78 is 6.86. The zero-order valence-corrected chi connectivity index (χ0v) is 15.0. The van der Waals surface area contributed by atoms with E-state index in [9.17, 15) is 9.59 Å². The second-order valence-corrected chi connectivity index (χ2v) is 6.07. The molecule has 1 N–H and O–H groups in total. The van der Waals surface area contributed by atoms with Crippen LogP contribution in [-0.2, 0) is 16.6 Å². The zero-order chi connectivity index (χ0) is 18.0. The first-order chi connectivity index (χ1) is 11.2. The summed E-state index contributed by atoms with van der Waals surface area (Å²) >= 11 is 0. The highest BCUT2D eigenvalue weighted by Crippen LogP contribution is 2.19. The molecule has 0 atom stereocenters. The Morgan fingerprint density at radius 1 is 1.12 bits per heavy atom. The van der Waals surface area contributed by atoms with Crippen LogP contribution in [0.25, 0.3) is 0 Å². The van der Waals surface area contributed by atoms with Crippen molar-refractivity contribution in [2.24, 2.45) is 7.05 Å². The molecule has 0 saturated heterocycles. The quantitative estimate of drug-likeness (QED) is 0.875. The van der Waals surface area contributed by atoms with E-state index in [1.54, 1.807) is 11.7 Å². The van der Waals surface area contributed by atoms with Crippen LogP contribution in [0.15, 0.2) is 12.1 Å². The fraction of sp³-hybridized carbons (Fsp3) is 0.389. The molecular weight excluding hydrogens is 306 g/mol. The van der Waals surface area contributed by atoms with E-state index in [1.165, 1.54) is 0 Å². The minimum atomic E-state index is -0.486. The van der Waals surface area contributed by atoms with Crippen LogP contribution in [0.3, 0.4) is 0 Å². The predicted molar refractivity (Wildman–Crippen MR) is 92.2 cm³/mol. The number of aromatic nitrogens is 2. The van der Waals surface area contributed by atoms with Gasteiger partial charge >= 0.3 is 5.97 Å². The molecule has 1 aromatic heterocycles. The highest BCUT2D eigenvalue weighted by atomic mass is 16.5. The first kappa shape index (κ1) is 17.7. The Balaban J connectivity index is 2.03. The Morgan fingerprint density at radius 2 is 1.71 bits per heavy atom. The van der Waals surface area contributed by atoms with E-state index >= 15 is 0 Å². The first-order valence-electron chi connectivity index (χ1n) is 7.75. The van der Waals surface area contributed by atoms with E-state index in [0.717, 1.165) is 28.1 Å². The summed E-state index contributed by atoms with van der Waals surface area (Å²) in [4.78, 5) is 24.3. The van der Waals surface area contributed by atoms with Gasteiger partial charge in [-0.2, -0.15) is 5.10 Å². The van der Waals surface area contributed by atoms with Gasteiger partial charge in [-0.1, -0.05) is 17.7 Å². The summed E-state index contributed by atoms with van der Waals surface area (Å²) in [6.07, 6.45) is 0. The Labute approximate surface area is 141 Å². The van der Waals surface area contributed by atoms with Gasteiger partial charge in [0.2, 0.25) is 0 Å². The first-order valence-corrected chi connectivity index (χ1v) is 7.75. The molecule has 2 rings (SSSR count). The van der Waals surface area contributed by atoms with E-state index in [-0.39, 0.29) is 12.5 Å². The number of esters is 1. The van der Waals surface area contributed by atoms with Gasteiger partial charge in [0.25, 0.3) is 5.91 Å². The largest absolute Gasteiger partial charge is 0.452 e. The normalized spacial score (nSPS) is 10.6. The summed E-state index contributed by atoms with van der Waals surface area (Å²) in [6, 6.07) is 3.85. The number of hydrogen-bond acceptors (Lipinski definition) is 4. The van der Waals surface area contributed by atoms with Gasteiger partial charge in [0, 0.05) is 7.05 Å². The number of carbonyl (C=O) groups excluding carboxylic acids is 2. The molecular formula is C18H23N3O3. The molecule has 1 amide bonds. The highest BCUT2D eigenvalue weighted by Gasteiger charge is 2.17.